The van der Waals surface area contributed by atoms with Crippen LogP contribution in [0.1, 0.15) is 0 Å². The molecule has 0 saturated carbocycles. The van der Waals surface area contributed by atoms with Gasteiger partial charge in [0, 0.05) is 10.9 Å². The van der Waals surface area contributed by atoms with E-state index in [0.29, 0.717) is 5.02 Å². The zero-order valence-electron chi connectivity index (χ0n) is 7.79. The number of hydrogen-bond acceptors (Lipinski definition) is 1. The molecule has 0 radical (unpaired) electrons. The van der Waals surface area contributed by atoms with E-state index >= 15 is 0 Å². The summed E-state index contributed by atoms with van der Waals surface area (Å²) in [6.45, 7) is 0. The van der Waals surface area contributed by atoms with Gasteiger partial charge in [-0.15, -0.1) is 0 Å². The second-order valence-electron chi connectivity index (χ2n) is 3.49. The van der Waals surface area contributed by atoms with Crippen LogP contribution < -0.4 is 0 Å². The molecule has 0 aliphatic rings. The number of para-hydroxylation sites is 1. The summed E-state index contributed by atoms with van der Waals surface area (Å²) in [5.41, 5.74) is 1.77. The maximum absolute atomic E-state index is 9.80. The lowest BCUT2D eigenvalue weighted by Gasteiger charge is -1.97. The number of benzene rings is 2. The molecule has 0 amide bonds. The summed E-state index contributed by atoms with van der Waals surface area (Å²) in [4.78, 5) is 3.20. The molecular weight excluding hydrogens is 210 g/mol. The average molecular weight is 218 g/mol. The molecule has 2 aromatic carbocycles. The Morgan fingerprint density at radius 3 is 2.73 bits per heavy atom. The van der Waals surface area contributed by atoms with Gasteiger partial charge in [0.05, 0.1) is 15.9 Å². The highest BCUT2D eigenvalue weighted by atomic mass is 35.5. The van der Waals surface area contributed by atoms with Crippen molar-refractivity contribution in [1.82, 2.24) is 4.98 Å². The van der Waals surface area contributed by atoms with Crippen molar-refractivity contribution in [3.8, 4) is 5.75 Å². The molecule has 0 aliphatic heterocycles. The summed E-state index contributed by atoms with van der Waals surface area (Å²) >= 11 is 6.06. The zero-order valence-corrected chi connectivity index (χ0v) is 8.55. The van der Waals surface area contributed by atoms with Crippen molar-refractivity contribution in [1.29, 1.82) is 0 Å². The molecule has 3 rings (SSSR count). The second-order valence-corrected chi connectivity index (χ2v) is 3.89. The minimum Gasteiger partial charge on any atom is -0.507 e. The van der Waals surface area contributed by atoms with Crippen molar-refractivity contribution < 1.29 is 5.11 Å². The topological polar surface area (TPSA) is 36.0 Å². The summed E-state index contributed by atoms with van der Waals surface area (Å²) in [5, 5.41) is 12.2. The molecule has 0 fully saturated rings. The van der Waals surface area contributed by atoms with Crippen LogP contribution in [0.25, 0.3) is 21.8 Å². The Morgan fingerprint density at radius 2 is 1.87 bits per heavy atom. The lowest BCUT2D eigenvalue weighted by atomic mass is 10.1. The lowest BCUT2D eigenvalue weighted by Crippen LogP contribution is -1.71. The van der Waals surface area contributed by atoms with Crippen LogP contribution in [0.15, 0.2) is 36.4 Å². The van der Waals surface area contributed by atoms with Gasteiger partial charge >= 0.3 is 0 Å². The van der Waals surface area contributed by atoms with E-state index in [1.54, 1.807) is 12.1 Å². The number of aromatic hydroxyl groups is 1. The van der Waals surface area contributed by atoms with Gasteiger partial charge in [0.2, 0.25) is 0 Å². The smallest absolute Gasteiger partial charge is 0.125 e. The summed E-state index contributed by atoms with van der Waals surface area (Å²) in [7, 11) is 0. The highest BCUT2D eigenvalue weighted by Crippen LogP contribution is 2.35. The van der Waals surface area contributed by atoms with E-state index in [4.69, 9.17) is 11.6 Å². The zero-order chi connectivity index (χ0) is 10.4. The number of halogens is 1. The van der Waals surface area contributed by atoms with E-state index in [9.17, 15) is 5.11 Å². The normalized spacial score (nSPS) is 11.3. The molecule has 2 N–H and O–H groups in total. The van der Waals surface area contributed by atoms with Gasteiger partial charge < -0.3 is 10.1 Å². The Hall–Kier alpha value is -1.67. The SMILES string of the molecule is Oc1ccc(Cl)c2[nH]c3ccccc3c12. The van der Waals surface area contributed by atoms with Crippen LogP contribution in [0.2, 0.25) is 5.02 Å². The summed E-state index contributed by atoms with van der Waals surface area (Å²) in [6, 6.07) is 11.1. The molecule has 0 bridgehead atoms. The Bertz CT molecular complexity index is 657. The number of aromatic amines is 1. The third kappa shape index (κ3) is 1.12. The third-order valence-electron chi connectivity index (χ3n) is 2.59. The van der Waals surface area contributed by atoms with Crippen molar-refractivity contribution in [2.24, 2.45) is 0 Å². The maximum atomic E-state index is 9.80. The van der Waals surface area contributed by atoms with Gasteiger partial charge in [0.1, 0.15) is 5.75 Å². The van der Waals surface area contributed by atoms with E-state index < -0.39 is 0 Å². The molecule has 0 unspecified atom stereocenters. The van der Waals surface area contributed by atoms with Gasteiger partial charge in [-0.3, -0.25) is 0 Å². The summed E-state index contributed by atoms with van der Waals surface area (Å²) < 4.78 is 0. The van der Waals surface area contributed by atoms with E-state index in [0.717, 1.165) is 21.8 Å². The first-order valence-electron chi connectivity index (χ1n) is 4.65. The first-order valence-corrected chi connectivity index (χ1v) is 5.03. The van der Waals surface area contributed by atoms with Crippen LogP contribution in [0.5, 0.6) is 5.75 Å². The van der Waals surface area contributed by atoms with Crippen molar-refractivity contribution in [3.05, 3.63) is 41.4 Å². The lowest BCUT2D eigenvalue weighted by molar-refractivity contribution is 0.482. The summed E-state index contributed by atoms with van der Waals surface area (Å²) in [5.74, 6) is 0.256. The number of hydrogen-bond donors (Lipinski definition) is 2. The minimum absolute atomic E-state index is 0.256. The number of aromatic nitrogens is 1. The molecule has 0 spiro atoms. The highest BCUT2D eigenvalue weighted by Gasteiger charge is 2.10. The number of fused-ring (bicyclic) bond motifs is 3. The number of rotatable bonds is 0. The standard InChI is InChI=1S/C12H8ClNO/c13-8-5-6-10(15)11-7-3-1-2-4-9(7)14-12(8)11/h1-6,14-15H. The quantitative estimate of drug-likeness (QED) is 0.592. The van der Waals surface area contributed by atoms with Gasteiger partial charge in [-0.2, -0.15) is 0 Å². The third-order valence-corrected chi connectivity index (χ3v) is 2.90. The van der Waals surface area contributed by atoms with E-state index in [1.807, 2.05) is 24.3 Å². The highest BCUT2D eigenvalue weighted by molar-refractivity contribution is 6.36. The molecule has 3 heteroatoms. The predicted molar refractivity (Wildman–Crippen MR) is 62.5 cm³/mol. The molecule has 0 saturated heterocycles. The second kappa shape index (κ2) is 2.91. The largest absolute Gasteiger partial charge is 0.507 e. The van der Waals surface area contributed by atoms with Crippen LogP contribution in [0, 0.1) is 0 Å². The van der Waals surface area contributed by atoms with Gasteiger partial charge in [-0.1, -0.05) is 29.8 Å². The fourth-order valence-corrected chi connectivity index (χ4v) is 2.11. The summed E-state index contributed by atoms with van der Waals surface area (Å²) in [6.07, 6.45) is 0. The number of phenols is 1. The molecule has 3 aromatic rings. The fourth-order valence-electron chi connectivity index (χ4n) is 1.91. The molecule has 1 aromatic heterocycles. The van der Waals surface area contributed by atoms with Crippen molar-refractivity contribution in [2.45, 2.75) is 0 Å². The van der Waals surface area contributed by atoms with Crippen molar-refractivity contribution >= 4 is 33.4 Å². The van der Waals surface area contributed by atoms with E-state index in [-0.39, 0.29) is 5.75 Å². The van der Waals surface area contributed by atoms with Gasteiger partial charge in [0.25, 0.3) is 0 Å². The molecule has 15 heavy (non-hydrogen) atoms. The van der Waals surface area contributed by atoms with Crippen LogP contribution in [0.4, 0.5) is 0 Å². The molecule has 74 valence electrons. The van der Waals surface area contributed by atoms with Crippen LogP contribution >= 0.6 is 11.6 Å². The Morgan fingerprint density at radius 1 is 1.07 bits per heavy atom. The van der Waals surface area contributed by atoms with E-state index in [2.05, 4.69) is 4.98 Å². The predicted octanol–water partition coefficient (Wildman–Crippen LogP) is 3.68. The average Bonchev–Trinajstić information content (AvgIpc) is 2.64. The molecular formula is C12H8ClNO. The van der Waals surface area contributed by atoms with Gasteiger partial charge in [-0.25, -0.2) is 0 Å². The first kappa shape index (κ1) is 8.62. The fraction of sp³-hybridized carbons (Fsp3) is 0. The van der Waals surface area contributed by atoms with Gasteiger partial charge in [-0.05, 0) is 18.2 Å². The molecule has 2 nitrogen and oxygen atoms in total. The molecule has 0 aliphatic carbocycles. The van der Waals surface area contributed by atoms with Crippen LogP contribution in [-0.2, 0) is 0 Å². The van der Waals surface area contributed by atoms with E-state index in [1.165, 1.54) is 0 Å². The number of H-pyrrole nitrogens is 1. The van der Waals surface area contributed by atoms with Crippen molar-refractivity contribution in [3.63, 3.8) is 0 Å². The Balaban J connectivity index is 2.66. The Labute approximate surface area is 91.1 Å². The Kier molecular flexibility index (Phi) is 1.67. The number of phenolic OH excluding ortho intramolecular Hbond substituents is 1. The van der Waals surface area contributed by atoms with Crippen molar-refractivity contribution in [2.75, 3.05) is 0 Å². The van der Waals surface area contributed by atoms with Crippen LogP contribution in [0.3, 0.4) is 0 Å². The van der Waals surface area contributed by atoms with Crippen LogP contribution in [-0.4, -0.2) is 10.1 Å². The monoisotopic (exact) mass is 217 g/mol. The molecule has 1 heterocycles. The molecule has 0 atom stereocenters. The minimum atomic E-state index is 0.256. The number of nitrogens with one attached hydrogen (secondary N) is 1. The van der Waals surface area contributed by atoms with Gasteiger partial charge in [0.15, 0.2) is 0 Å². The maximum Gasteiger partial charge on any atom is 0.125 e. The first-order chi connectivity index (χ1) is 7.27.